The average molecular weight is 353 g/mol. The summed E-state index contributed by atoms with van der Waals surface area (Å²) in [5.41, 5.74) is 15.1. The van der Waals surface area contributed by atoms with E-state index in [0.717, 1.165) is 21.4 Å². The molecule has 1 amide bonds. The first-order valence-electron chi connectivity index (χ1n) is 7.89. The van der Waals surface area contributed by atoms with Crippen LogP contribution in [-0.2, 0) is 11.3 Å². The molecule has 0 aliphatic carbocycles. The summed E-state index contributed by atoms with van der Waals surface area (Å²) in [5, 5.41) is 3.86. The number of amides is 1. The highest BCUT2D eigenvalue weighted by Gasteiger charge is 2.20. The zero-order valence-electron chi connectivity index (χ0n) is 14.4. The number of fused-ring (bicyclic) bond motifs is 1. The third-order valence-corrected chi connectivity index (χ3v) is 4.11. The highest BCUT2D eigenvalue weighted by atomic mass is 16.5. The number of methoxy groups -OCH3 is 1. The molecule has 26 heavy (non-hydrogen) atoms. The molecule has 3 aromatic rings. The molecule has 3 rings (SSSR count). The van der Waals surface area contributed by atoms with Crippen molar-refractivity contribution in [2.24, 2.45) is 5.73 Å². The number of ether oxygens (including phenoxy) is 1. The first-order valence-corrected chi connectivity index (χ1v) is 7.89. The lowest BCUT2D eigenvalue weighted by Gasteiger charge is -2.10. The molecule has 0 saturated carbocycles. The van der Waals surface area contributed by atoms with Gasteiger partial charge >= 0.3 is 12.0 Å². The Balaban J connectivity index is 1.93. The van der Waals surface area contributed by atoms with Gasteiger partial charge in [0, 0.05) is 17.6 Å². The number of primary amides is 1. The number of rotatable bonds is 4. The number of nitrogens with zero attached hydrogens (tertiary/aromatic N) is 2. The van der Waals surface area contributed by atoms with E-state index < -0.39 is 12.0 Å². The number of anilines is 2. The molecule has 0 spiro atoms. The van der Waals surface area contributed by atoms with Crippen LogP contribution in [0.3, 0.4) is 0 Å². The van der Waals surface area contributed by atoms with Crippen molar-refractivity contribution < 1.29 is 14.3 Å². The summed E-state index contributed by atoms with van der Waals surface area (Å²) in [7, 11) is 1.24. The van der Waals surface area contributed by atoms with E-state index in [-0.39, 0.29) is 5.69 Å². The Bertz CT molecular complexity index is 1010. The Morgan fingerprint density at radius 3 is 2.73 bits per heavy atom. The van der Waals surface area contributed by atoms with E-state index in [9.17, 15) is 9.59 Å². The maximum absolute atomic E-state index is 11.9. The van der Waals surface area contributed by atoms with E-state index in [1.54, 1.807) is 12.3 Å². The van der Waals surface area contributed by atoms with Crippen LogP contribution in [-0.4, -0.2) is 28.7 Å². The summed E-state index contributed by atoms with van der Waals surface area (Å²) in [6, 6.07) is 8.24. The van der Waals surface area contributed by atoms with Crippen molar-refractivity contribution in [1.29, 1.82) is 0 Å². The maximum Gasteiger partial charge on any atom is 0.355 e. The molecule has 8 heteroatoms. The van der Waals surface area contributed by atoms with Crippen molar-refractivity contribution in [3.05, 3.63) is 53.3 Å². The number of nitrogens with one attached hydrogen (secondary N) is 1. The zero-order valence-corrected chi connectivity index (χ0v) is 14.4. The van der Waals surface area contributed by atoms with Gasteiger partial charge in [0.05, 0.1) is 19.0 Å². The Morgan fingerprint density at radius 1 is 1.27 bits per heavy atom. The third kappa shape index (κ3) is 3.16. The minimum Gasteiger partial charge on any atom is -0.464 e. The minimum atomic E-state index is -0.802. The van der Waals surface area contributed by atoms with Crippen molar-refractivity contribution in [1.82, 2.24) is 9.55 Å². The normalized spacial score (nSPS) is 10.7. The van der Waals surface area contributed by atoms with Gasteiger partial charge in [-0.1, -0.05) is 6.07 Å². The lowest BCUT2D eigenvalue weighted by Crippen LogP contribution is -2.24. The standard InChI is InChI=1S/C18H19N5O3/c1-10-3-4-13(19)5-12(10)8-21-14-6-11-7-15(17(24)26-2)23(18(20)25)16(11)22-9-14/h3-7,9,21H,8,19H2,1-2H3,(H2,20,25). The Kier molecular flexibility index (Phi) is 4.49. The summed E-state index contributed by atoms with van der Waals surface area (Å²) < 4.78 is 5.73. The number of aromatic nitrogens is 2. The third-order valence-electron chi connectivity index (χ3n) is 4.11. The Labute approximate surface area is 149 Å². The summed E-state index contributed by atoms with van der Waals surface area (Å²) in [6.45, 7) is 2.57. The quantitative estimate of drug-likeness (QED) is 0.488. The second kappa shape index (κ2) is 6.75. The number of nitrogens with two attached hydrogens (primary N) is 2. The number of carbonyl (C=O) groups excluding carboxylic acids is 2. The zero-order chi connectivity index (χ0) is 18.8. The van der Waals surface area contributed by atoms with Gasteiger partial charge in [-0.2, -0.15) is 0 Å². The number of hydrogen-bond donors (Lipinski definition) is 3. The molecule has 0 bridgehead atoms. The molecule has 0 saturated heterocycles. The lowest BCUT2D eigenvalue weighted by molar-refractivity contribution is 0.0591. The number of carbonyl (C=O) groups is 2. The van der Waals surface area contributed by atoms with Gasteiger partial charge in [0.25, 0.3) is 0 Å². The van der Waals surface area contributed by atoms with E-state index in [1.165, 1.54) is 13.2 Å². The second-order valence-electron chi connectivity index (χ2n) is 5.87. The number of hydrogen-bond acceptors (Lipinski definition) is 6. The summed E-state index contributed by atoms with van der Waals surface area (Å²) >= 11 is 0. The van der Waals surface area contributed by atoms with Gasteiger partial charge in [-0.15, -0.1) is 0 Å². The van der Waals surface area contributed by atoms with Gasteiger partial charge in [-0.05, 0) is 42.3 Å². The number of nitrogen functional groups attached to an aromatic ring is 1. The van der Waals surface area contributed by atoms with Gasteiger partial charge in [0.2, 0.25) is 0 Å². The van der Waals surface area contributed by atoms with E-state index in [2.05, 4.69) is 10.3 Å². The van der Waals surface area contributed by atoms with Crippen molar-refractivity contribution >= 4 is 34.4 Å². The fourth-order valence-corrected chi connectivity index (χ4v) is 2.75. The maximum atomic E-state index is 11.9. The first kappa shape index (κ1) is 17.3. The molecule has 0 aliphatic rings. The molecule has 8 nitrogen and oxygen atoms in total. The summed E-state index contributed by atoms with van der Waals surface area (Å²) in [4.78, 5) is 27.8. The molecule has 0 aliphatic heterocycles. The fourth-order valence-electron chi connectivity index (χ4n) is 2.75. The van der Waals surface area contributed by atoms with Crippen LogP contribution >= 0.6 is 0 Å². The smallest absolute Gasteiger partial charge is 0.355 e. The van der Waals surface area contributed by atoms with Gasteiger partial charge in [0.15, 0.2) is 0 Å². The van der Waals surface area contributed by atoms with Crippen LogP contribution in [0.4, 0.5) is 16.2 Å². The molecule has 0 atom stereocenters. The van der Waals surface area contributed by atoms with Crippen molar-refractivity contribution in [3.8, 4) is 0 Å². The summed E-state index contributed by atoms with van der Waals surface area (Å²) in [6.07, 6.45) is 1.57. The fraction of sp³-hybridized carbons (Fsp3) is 0.167. The Morgan fingerprint density at radius 2 is 2.04 bits per heavy atom. The van der Waals surface area contributed by atoms with Crippen molar-refractivity contribution in [2.45, 2.75) is 13.5 Å². The molecule has 0 radical (unpaired) electrons. The SMILES string of the molecule is COC(=O)c1cc2cc(NCc3cc(N)ccc3C)cnc2n1C(N)=O. The first-order chi connectivity index (χ1) is 12.4. The molecule has 1 aromatic carbocycles. The largest absolute Gasteiger partial charge is 0.464 e. The topological polar surface area (TPSA) is 125 Å². The highest BCUT2D eigenvalue weighted by molar-refractivity contribution is 6.01. The van der Waals surface area contributed by atoms with Crippen LogP contribution in [0.25, 0.3) is 11.0 Å². The Hall–Kier alpha value is -3.55. The molecule has 0 unspecified atom stereocenters. The molecule has 5 N–H and O–H groups in total. The van der Waals surface area contributed by atoms with Crippen LogP contribution in [0.1, 0.15) is 21.6 Å². The molecule has 2 aromatic heterocycles. The molecule has 0 fully saturated rings. The van der Waals surface area contributed by atoms with E-state index in [0.29, 0.717) is 23.3 Å². The molecule has 134 valence electrons. The van der Waals surface area contributed by atoms with Crippen LogP contribution in [0.15, 0.2) is 36.5 Å². The number of esters is 1. The van der Waals surface area contributed by atoms with Crippen LogP contribution < -0.4 is 16.8 Å². The second-order valence-corrected chi connectivity index (χ2v) is 5.87. The van der Waals surface area contributed by atoms with E-state index >= 15 is 0 Å². The predicted molar refractivity (Wildman–Crippen MR) is 99.0 cm³/mol. The summed E-state index contributed by atoms with van der Waals surface area (Å²) in [5.74, 6) is -0.660. The highest BCUT2D eigenvalue weighted by Crippen LogP contribution is 2.22. The molecule has 2 heterocycles. The number of aryl methyl sites for hydroxylation is 1. The monoisotopic (exact) mass is 353 g/mol. The van der Waals surface area contributed by atoms with Crippen LogP contribution in [0.2, 0.25) is 0 Å². The van der Waals surface area contributed by atoms with E-state index in [4.69, 9.17) is 16.2 Å². The van der Waals surface area contributed by atoms with Gasteiger partial charge < -0.3 is 21.5 Å². The van der Waals surface area contributed by atoms with Crippen molar-refractivity contribution in [3.63, 3.8) is 0 Å². The molecular formula is C18H19N5O3. The molecular weight excluding hydrogens is 334 g/mol. The average Bonchev–Trinajstić information content (AvgIpc) is 3.00. The van der Waals surface area contributed by atoms with Crippen LogP contribution in [0, 0.1) is 6.92 Å². The number of pyridine rings is 1. The van der Waals surface area contributed by atoms with E-state index in [1.807, 2.05) is 25.1 Å². The van der Waals surface area contributed by atoms with Crippen molar-refractivity contribution in [2.75, 3.05) is 18.2 Å². The lowest BCUT2D eigenvalue weighted by atomic mass is 10.1. The number of benzene rings is 1. The predicted octanol–water partition coefficient (Wildman–Crippen LogP) is 2.25. The van der Waals surface area contributed by atoms with Crippen LogP contribution in [0.5, 0.6) is 0 Å². The minimum absolute atomic E-state index is 0.0336. The van der Waals surface area contributed by atoms with Gasteiger partial charge in [-0.3, -0.25) is 0 Å². The van der Waals surface area contributed by atoms with Gasteiger partial charge in [-0.25, -0.2) is 19.1 Å². The van der Waals surface area contributed by atoms with Gasteiger partial charge in [0.1, 0.15) is 11.3 Å².